The van der Waals surface area contributed by atoms with E-state index in [-0.39, 0.29) is 5.78 Å². The number of benzene rings is 1. The van der Waals surface area contributed by atoms with E-state index in [0.29, 0.717) is 17.7 Å². The summed E-state index contributed by atoms with van der Waals surface area (Å²) >= 11 is 0. The number of hydrogen-bond donors (Lipinski definition) is 2. The van der Waals surface area contributed by atoms with E-state index in [1.54, 1.807) is 0 Å². The van der Waals surface area contributed by atoms with Gasteiger partial charge in [0.15, 0.2) is 5.78 Å². The number of anilines is 1. The maximum atomic E-state index is 12.0. The average molecular weight is 242 g/mol. The normalized spacial score (nSPS) is 10.6. The second-order valence-electron chi connectivity index (χ2n) is 4.45. The van der Waals surface area contributed by atoms with E-state index in [4.69, 9.17) is 5.73 Å². The van der Waals surface area contributed by atoms with Crippen LogP contribution in [-0.2, 0) is 0 Å². The summed E-state index contributed by atoms with van der Waals surface area (Å²) in [4.78, 5) is 15.3. The molecule has 0 saturated carbocycles. The first-order chi connectivity index (χ1) is 8.65. The topological polar surface area (TPSA) is 58.9 Å². The molecule has 0 aliphatic carbocycles. The minimum Gasteiger partial charge on any atom is -0.396 e. The van der Waals surface area contributed by atoms with Gasteiger partial charge >= 0.3 is 0 Å². The molecule has 0 bridgehead atoms. The molecule has 0 unspecified atom stereocenters. The Morgan fingerprint density at radius 2 is 1.94 bits per heavy atom. The van der Waals surface area contributed by atoms with E-state index < -0.39 is 0 Å². The van der Waals surface area contributed by atoms with Gasteiger partial charge in [-0.25, -0.2) is 0 Å². The van der Waals surface area contributed by atoms with Crippen molar-refractivity contribution in [1.29, 1.82) is 0 Å². The van der Waals surface area contributed by atoms with E-state index in [9.17, 15) is 4.79 Å². The molecule has 0 amide bonds. The van der Waals surface area contributed by atoms with E-state index in [2.05, 4.69) is 4.98 Å². The van der Waals surface area contributed by atoms with Crippen LogP contribution in [0.1, 0.15) is 35.8 Å². The van der Waals surface area contributed by atoms with Crippen LogP contribution in [0, 0.1) is 6.92 Å². The molecule has 2 rings (SSSR count). The van der Waals surface area contributed by atoms with Crippen LogP contribution < -0.4 is 5.73 Å². The second kappa shape index (κ2) is 5.08. The molecule has 94 valence electrons. The van der Waals surface area contributed by atoms with Gasteiger partial charge in [-0.1, -0.05) is 37.3 Å². The number of hydrogen-bond acceptors (Lipinski definition) is 2. The van der Waals surface area contributed by atoms with Crippen LogP contribution >= 0.6 is 0 Å². The smallest absolute Gasteiger partial charge is 0.166 e. The maximum Gasteiger partial charge on any atom is 0.166 e. The predicted molar refractivity (Wildman–Crippen MR) is 74.6 cm³/mol. The summed E-state index contributed by atoms with van der Waals surface area (Å²) in [6.07, 6.45) is 1.38. The van der Waals surface area contributed by atoms with Gasteiger partial charge in [-0.15, -0.1) is 0 Å². The fourth-order valence-corrected chi connectivity index (χ4v) is 2.19. The number of aromatic amines is 1. The molecule has 3 N–H and O–H groups in total. The van der Waals surface area contributed by atoms with Crippen molar-refractivity contribution in [2.75, 3.05) is 5.73 Å². The number of ketones is 1. The Hall–Kier alpha value is -2.03. The van der Waals surface area contributed by atoms with E-state index >= 15 is 0 Å². The lowest BCUT2D eigenvalue weighted by molar-refractivity contribution is 0.0982. The van der Waals surface area contributed by atoms with Gasteiger partial charge in [-0.05, 0) is 13.3 Å². The zero-order valence-electron chi connectivity index (χ0n) is 10.8. The number of nitrogens with two attached hydrogens (primary N) is 1. The summed E-state index contributed by atoms with van der Waals surface area (Å²) in [6.45, 7) is 3.89. The Morgan fingerprint density at radius 3 is 2.56 bits per heavy atom. The van der Waals surface area contributed by atoms with Crippen LogP contribution in [0.15, 0.2) is 30.3 Å². The molecule has 1 heterocycles. The molecule has 0 aliphatic rings. The summed E-state index contributed by atoms with van der Waals surface area (Å²) in [5.74, 6) is 0.117. The van der Waals surface area contributed by atoms with Crippen molar-refractivity contribution in [2.45, 2.75) is 26.7 Å². The van der Waals surface area contributed by atoms with Gasteiger partial charge < -0.3 is 10.7 Å². The fourth-order valence-electron chi connectivity index (χ4n) is 2.19. The number of nitrogen functional groups attached to an aromatic ring is 1. The van der Waals surface area contributed by atoms with Crippen LogP contribution in [-0.4, -0.2) is 10.8 Å². The number of rotatable bonds is 4. The zero-order valence-corrected chi connectivity index (χ0v) is 10.8. The number of H-pyrrole nitrogens is 1. The summed E-state index contributed by atoms with van der Waals surface area (Å²) in [5.41, 5.74) is 10.0. The van der Waals surface area contributed by atoms with Crippen LogP contribution in [0.4, 0.5) is 5.69 Å². The Morgan fingerprint density at radius 1 is 1.28 bits per heavy atom. The molecule has 0 fully saturated rings. The van der Waals surface area contributed by atoms with Gasteiger partial charge in [0.1, 0.15) is 0 Å². The summed E-state index contributed by atoms with van der Waals surface area (Å²) in [6, 6.07) is 9.83. The standard InChI is InChI=1S/C15H18N2O/c1-3-7-12(18)13-10(2)17-15(14(13)16)11-8-5-4-6-9-11/h4-6,8-9,17H,3,7,16H2,1-2H3. The third-order valence-corrected chi connectivity index (χ3v) is 3.04. The molecule has 1 aromatic heterocycles. The van der Waals surface area contributed by atoms with E-state index in [1.165, 1.54) is 0 Å². The summed E-state index contributed by atoms with van der Waals surface area (Å²) < 4.78 is 0. The highest BCUT2D eigenvalue weighted by Gasteiger charge is 2.18. The predicted octanol–water partition coefficient (Wildman–Crippen LogP) is 3.56. The number of Topliss-reactive ketones (excluding diaryl/α,β-unsaturated/α-hetero) is 1. The molecule has 0 spiro atoms. The first-order valence-electron chi connectivity index (χ1n) is 6.21. The number of aromatic nitrogens is 1. The molecule has 2 aromatic rings. The van der Waals surface area contributed by atoms with Crippen LogP contribution in [0.5, 0.6) is 0 Å². The van der Waals surface area contributed by atoms with Crippen LogP contribution in [0.3, 0.4) is 0 Å². The minimum absolute atomic E-state index is 0.117. The molecule has 3 heteroatoms. The highest BCUT2D eigenvalue weighted by Crippen LogP contribution is 2.31. The SMILES string of the molecule is CCCC(=O)c1c(C)[nH]c(-c2ccccc2)c1N. The third kappa shape index (κ3) is 2.16. The van der Waals surface area contributed by atoms with Gasteiger partial charge in [-0.3, -0.25) is 4.79 Å². The highest BCUT2D eigenvalue weighted by atomic mass is 16.1. The van der Waals surface area contributed by atoms with Crippen molar-refractivity contribution in [1.82, 2.24) is 4.98 Å². The Balaban J connectivity index is 2.47. The average Bonchev–Trinajstić information content (AvgIpc) is 2.66. The lowest BCUT2D eigenvalue weighted by Gasteiger charge is -2.01. The van der Waals surface area contributed by atoms with Crippen molar-refractivity contribution in [3.8, 4) is 11.3 Å². The number of carbonyl (C=O) groups excluding carboxylic acids is 1. The Bertz CT molecular complexity index is 555. The van der Waals surface area contributed by atoms with Crippen molar-refractivity contribution in [3.05, 3.63) is 41.6 Å². The van der Waals surface area contributed by atoms with Crippen LogP contribution in [0.25, 0.3) is 11.3 Å². The molecule has 0 radical (unpaired) electrons. The molecule has 0 saturated heterocycles. The van der Waals surface area contributed by atoms with Crippen molar-refractivity contribution < 1.29 is 4.79 Å². The van der Waals surface area contributed by atoms with Crippen molar-refractivity contribution >= 4 is 11.5 Å². The first-order valence-corrected chi connectivity index (χ1v) is 6.21. The van der Waals surface area contributed by atoms with Crippen molar-refractivity contribution in [3.63, 3.8) is 0 Å². The second-order valence-corrected chi connectivity index (χ2v) is 4.45. The van der Waals surface area contributed by atoms with Gasteiger partial charge in [0.25, 0.3) is 0 Å². The lowest BCUT2D eigenvalue weighted by Crippen LogP contribution is -2.02. The quantitative estimate of drug-likeness (QED) is 0.805. The summed E-state index contributed by atoms with van der Waals surface area (Å²) in [5, 5.41) is 0. The lowest BCUT2D eigenvalue weighted by atomic mass is 10.0. The third-order valence-electron chi connectivity index (χ3n) is 3.04. The van der Waals surface area contributed by atoms with Gasteiger partial charge in [0, 0.05) is 17.7 Å². The highest BCUT2D eigenvalue weighted by molar-refractivity contribution is 6.05. The molecule has 3 nitrogen and oxygen atoms in total. The number of aryl methyl sites for hydroxylation is 1. The molecule has 0 aliphatic heterocycles. The molecular weight excluding hydrogens is 224 g/mol. The fraction of sp³-hybridized carbons (Fsp3) is 0.267. The largest absolute Gasteiger partial charge is 0.396 e. The minimum atomic E-state index is 0.117. The molecule has 18 heavy (non-hydrogen) atoms. The zero-order chi connectivity index (χ0) is 13.1. The van der Waals surface area contributed by atoms with Gasteiger partial charge in [0.05, 0.1) is 16.9 Å². The monoisotopic (exact) mass is 242 g/mol. The Labute approximate surface area is 107 Å². The van der Waals surface area contributed by atoms with Gasteiger partial charge in [0.2, 0.25) is 0 Å². The molecule has 1 aromatic carbocycles. The molecule has 0 atom stereocenters. The summed E-state index contributed by atoms with van der Waals surface area (Å²) in [7, 11) is 0. The van der Waals surface area contributed by atoms with E-state index in [0.717, 1.165) is 23.4 Å². The maximum absolute atomic E-state index is 12.0. The number of carbonyl (C=O) groups is 1. The number of nitrogens with one attached hydrogen (secondary N) is 1. The first kappa shape index (κ1) is 12.4. The molecular formula is C15H18N2O. The van der Waals surface area contributed by atoms with Gasteiger partial charge in [-0.2, -0.15) is 0 Å². The van der Waals surface area contributed by atoms with Crippen LogP contribution in [0.2, 0.25) is 0 Å². The van der Waals surface area contributed by atoms with E-state index in [1.807, 2.05) is 44.2 Å². The van der Waals surface area contributed by atoms with Crippen molar-refractivity contribution in [2.24, 2.45) is 0 Å². The Kier molecular flexibility index (Phi) is 3.51.